The monoisotopic (exact) mass is 289 g/mol. The molecule has 5 nitrogen and oxygen atoms in total. The van der Waals surface area contributed by atoms with Gasteiger partial charge in [0.2, 0.25) is 5.91 Å². The van der Waals surface area contributed by atoms with Gasteiger partial charge < -0.3 is 14.8 Å². The van der Waals surface area contributed by atoms with E-state index in [4.69, 9.17) is 9.47 Å². The molecule has 0 unspecified atom stereocenters. The van der Waals surface area contributed by atoms with Gasteiger partial charge in [0.25, 0.3) is 0 Å². The molecule has 1 amide bonds. The van der Waals surface area contributed by atoms with Crippen LogP contribution in [0.4, 0.5) is 0 Å². The first kappa shape index (κ1) is 15.3. The number of benzene rings is 1. The molecule has 21 heavy (non-hydrogen) atoms. The van der Waals surface area contributed by atoms with Crippen LogP contribution in [0.15, 0.2) is 30.3 Å². The van der Waals surface area contributed by atoms with Crippen molar-refractivity contribution in [2.75, 3.05) is 13.9 Å². The number of hydrogen-bond donors (Lipinski definition) is 1. The lowest BCUT2D eigenvalue weighted by Crippen LogP contribution is -2.45. The van der Waals surface area contributed by atoms with Crippen molar-refractivity contribution in [1.82, 2.24) is 5.32 Å². The number of esters is 1. The normalized spacial score (nSPS) is 23.3. The number of nitrogens with one attached hydrogen (secondary N) is 1. The number of amides is 1. The maximum Gasteiger partial charge on any atom is 0.320 e. The van der Waals surface area contributed by atoms with E-state index in [1.165, 1.54) is 14.0 Å². The van der Waals surface area contributed by atoms with E-state index < -0.39 is 17.4 Å². The van der Waals surface area contributed by atoms with E-state index in [-0.39, 0.29) is 12.7 Å². The second-order valence-corrected chi connectivity index (χ2v) is 5.22. The van der Waals surface area contributed by atoms with E-state index >= 15 is 0 Å². The summed E-state index contributed by atoms with van der Waals surface area (Å²) in [5.74, 6) is -0.635. The molecule has 112 valence electrons. The highest BCUT2D eigenvalue weighted by Crippen LogP contribution is 2.42. The van der Waals surface area contributed by atoms with E-state index in [0.717, 1.165) is 11.1 Å². The highest BCUT2D eigenvalue weighted by Gasteiger charge is 2.44. The SMILES string of the molecule is COCOC(=O)[C@]1(C)C=Cc2ccccc2[C@@H]1NC(C)=O. The minimum Gasteiger partial charge on any atom is -0.438 e. The average molecular weight is 289 g/mol. The van der Waals surface area contributed by atoms with Crippen LogP contribution in [0, 0.1) is 5.41 Å². The van der Waals surface area contributed by atoms with Gasteiger partial charge in [0.05, 0.1) is 6.04 Å². The van der Waals surface area contributed by atoms with Crippen LogP contribution in [0.25, 0.3) is 6.08 Å². The van der Waals surface area contributed by atoms with Crippen molar-refractivity contribution < 1.29 is 19.1 Å². The van der Waals surface area contributed by atoms with Crippen molar-refractivity contribution in [3.63, 3.8) is 0 Å². The predicted molar refractivity (Wildman–Crippen MR) is 78.1 cm³/mol. The lowest BCUT2D eigenvalue weighted by atomic mass is 9.73. The standard InChI is InChI=1S/C16H19NO4/c1-11(18)17-14-13-7-5-4-6-12(13)8-9-16(14,2)15(19)21-10-20-3/h4-9,14H,10H2,1-3H3,(H,17,18)/t14-,16+/m0/s1. The maximum absolute atomic E-state index is 12.4. The molecule has 1 aliphatic carbocycles. The van der Waals surface area contributed by atoms with Gasteiger partial charge in [0, 0.05) is 14.0 Å². The van der Waals surface area contributed by atoms with Crippen LogP contribution in [-0.2, 0) is 19.1 Å². The Kier molecular flexibility index (Phi) is 4.43. The molecule has 0 bridgehead atoms. The Hall–Kier alpha value is -2.14. The van der Waals surface area contributed by atoms with Gasteiger partial charge in [-0.1, -0.05) is 36.4 Å². The molecule has 1 aliphatic rings. The summed E-state index contributed by atoms with van der Waals surface area (Å²) in [5, 5.41) is 2.85. The molecule has 2 atom stereocenters. The quantitative estimate of drug-likeness (QED) is 0.680. The lowest BCUT2D eigenvalue weighted by Gasteiger charge is -2.37. The molecule has 0 heterocycles. The number of carbonyl (C=O) groups is 2. The summed E-state index contributed by atoms with van der Waals surface area (Å²) >= 11 is 0. The van der Waals surface area contributed by atoms with Crippen LogP contribution in [0.5, 0.6) is 0 Å². The van der Waals surface area contributed by atoms with Gasteiger partial charge in [0.1, 0.15) is 5.41 Å². The smallest absolute Gasteiger partial charge is 0.320 e. The minimum absolute atomic E-state index is 0.114. The Balaban J connectivity index is 2.41. The lowest BCUT2D eigenvalue weighted by molar-refractivity contribution is -0.164. The van der Waals surface area contributed by atoms with Crippen LogP contribution in [0.2, 0.25) is 0 Å². The summed E-state index contributed by atoms with van der Waals surface area (Å²) < 4.78 is 9.88. The summed E-state index contributed by atoms with van der Waals surface area (Å²) in [4.78, 5) is 23.9. The van der Waals surface area contributed by atoms with Crippen molar-refractivity contribution in [3.8, 4) is 0 Å². The Morgan fingerprint density at radius 3 is 2.71 bits per heavy atom. The Bertz CT molecular complexity index is 581. The second kappa shape index (κ2) is 6.10. The van der Waals surface area contributed by atoms with Gasteiger partial charge >= 0.3 is 5.97 Å². The van der Waals surface area contributed by atoms with E-state index in [9.17, 15) is 9.59 Å². The fourth-order valence-corrected chi connectivity index (χ4v) is 2.49. The van der Waals surface area contributed by atoms with Crippen LogP contribution in [0.1, 0.15) is 31.0 Å². The highest BCUT2D eigenvalue weighted by atomic mass is 16.7. The zero-order valence-corrected chi connectivity index (χ0v) is 12.4. The molecule has 2 rings (SSSR count). The highest BCUT2D eigenvalue weighted by molar-refractivity contribution is 5.85. The fourth-order valence-electron chi connectivity index (χ4n) is 2.49. The van der Waals surface area contributed by atoms with Gasteiger partial charge in [-0.15, -0.1) is 0 Å². The molecule has 0 radical (unpaired) electrons. The average Bonchev–Trinajstić information content (AvgIpc) is 2.47. The van der Waals surface area contributed by atoms with Crippen LogP contribution in [-0.4, -0.2) is 25.8 Å². The Labute approximate surface area is 123 Å². The molecule has 0 fully saturated rings. The van der Waals surface area contributed by atoms with Crippen molar-refractivity contribution in [2.24, 2.45) is 5.41 Å². The molecule has 1 aromatic carbocycles. The van der Waals surface area contributed by atoms with Crippen molar-refractivity contribution in [3.05, 3.63) is 41.5 Å². The predicted octanol–water partition coefficient (Wildman–Crippen LogP) is 2.04. The van der Waals surface area contributed by atoms with Gasteiger partial charge in [-0.05, 0) is 18.1 Å². The summed E-state index contributed by atoms with van der Waals surface area (Å²) in [5.41, 5.74) is 0.902. The van der Waals surface area contributed by atoms with Gasteiger partial charge in [-0.2, -0.15) is 0 Å². The third kappa shape index (κ3) is 2.97. The molecule has 0 spiro atoms. The second-order valence-electron chi connectivity index (χ2n) is 5.22. The largest absolute Gasteiger partial charge is 0.438 e. The number of methoxy groups -OCH3 is 1. The third-order valence-corrected chi connectivity index (χ3v) is 3.61. The molecule has 0 saturated carbocycles. The number of rotatable bonds is 4. The first-order chi connectivity index (χ1) is 9.99. The Morgan fingerprint density at radius 2 is 2.05 bits per heavy atom. The molecule has 0 aliphatic heterocycles. The topological polar surface area (TPSA) is 64.6 Å². The van der Waals surface area contributed by atoms with Crippen molar-refractivity contribution in [1.29, 1.82) is 0 Å². The molecule has 0 saturated heterocycles. The number of ether oxygens (including phenoxy) is 2. The first-order valence-corrected chi connectivity index (χ1v) is 6.70. The first-order valence-electron chi connectivity index (χ1n) is 6.70. The van der Waals surface area contributed by atoms with Crippen molar-refractivity contribution >= 4 is 18.0 Å². The van der Waals surface area contributed by atoms with E-state index in [0.29, 0.717) is 0 Å². The molecule has 1 N–H and O–H groups in total. The molecule has 5 heteroatoms. The van der Waals surface area contributed by atoms with Crippen LogP contribution >= 0.6 is 0 Å². The molecular weight excluding hydrogens is 270 g/mol. The molecule has 0 aromatic heterocycles. The van der Waals surface area contributed by atoms with E-state index in [1.54, 1.807) is 13.0 Å². The minimum atomic E-state index is -0.974. The maximum atomic E-state index is 12.4. The van der Waals surface area contributed by atoms with Crippen molar-refractivity contribution in [2.45, 2.75) is 19.9 Å². The molecule has 1 aromatic rings. The van der Waals surface area contributed by atoms with Gasteiger partial charge in [0.15, 0.2) is 6.79 Å². The Morgan fingerprint density at radius 1 is 1.33 bits per heavy atom. The zero-order valence-electron chi connectivity index (χ0n) is 12.4. The van der Waals surface area contributed by atoms with Crippen LogP contribution < -0.4 is 5.32 Å². The van der Waals surface area contributed by atoms with E-state index in [2.05, 4.69) is 5.32 Å². The summed E-state index contributed by atoms with van der Waals surface area (Å²) in [6.45, 7) is 3.07. The summed E-state index contributed by atoms with van der Waals surface area (Å²) in [7, 11) is 1.45. The summed E-state index contributed by atoms with van der Waals surface area (Å²) in [6, 6.07) is 7.18. The molecular formula is C16H19NO4. The number of carbonyl (C=O) groups excluding carboxylic acids is 2. The van der Waals surface area contributed by atoms with Crippen LogP contribution in [0.3, 0.4) is 0 Å². The summed E-state index contributed by atoms with van der Waals surface area (Å²) in [6.07, 6.45) is 3.65. The number of fused-ring (bicyclic) bond motifs is 1. The van der Waals surface area contributed by atoms with Gasteiger partial charge in [-0.25, -0.2) is 0 Å². The zero-order chi connectivity index (χ0) is 15.5. The van der Waals surface area contributed by atoms with E-state index in [1.807, 2.05) is 30.3 Å². The third-order valence-electron chi connectivity index (χ3n) is 3.61. The number of hydrogen-bond acceptors (Lipinski definition) is 4. The fraction of sp³-hybridized carbons (Fsp3) is 0.375. The van der Waals surface area contributed by atoms with Gasteiger partial charge in [-0.3, -0.25) is 9.59 Å².